The number of anilines is 1. The molecule has 1 atom stereocenters. The molecule has 0 aliphatic heterocycles. The van der Waals surface area contributed by atoms with Gasteiger partial charge in [0.25, 0.3) is 0 Å². The second-order valence-electron chi connectivity index (χ2n) is 3.25. The number of hydrogen-bond donors (Lipinski definition) is 3. The third-order valence-corrected chi connectivity index (χ3v) is 3.25. The summed E-state index contributed by atoms with van der Waals surface area (Å²) in [5.74, 6) is 4.27. The highest BCUT2D eigenvalue weighted by atomic mass is 32.2. The van der Waals surface area contributed by atoms with E-state index < -0.39 is 11.1 Å². The summed E-state index contributed by atoms with van der Waals surface area (Å²) in [6, 6.07) is 4.00. The van der Waals surface area contributed by atoms with Gasteiger partial charge in [-0.3, -0.25) is 10.2 Å². The molecule has 0 radical (unpaired) electrons. The number of amides is 1. The molecule has 5 nitrogen and oxygen atoms in total. The Morgan fingerprint density at radius 1 is 1.65 bits per heavy atom. The van der Waals surface area contributed by atoms with E-state index in [2.05, 4.69) is 0 Å². The lowest BCUT2D eigenvalue weighted by atomic mass is 10.3. The number of benzene rings is 1. The van der Waals surface area contributed by atoms with Crippen LogP contribution in [0.25, 0.3) is 0 Å². The molecule has 0 bridgehead atoms. The van der Waals surface area contributed by atoms with Crippen LogP contribution in [-0.4, -0.2) is 24.9 Å². The average molecular weight is 259 g/mol. The monoisotopic (exact) mass is 259 g/mol. The summed E-state index contributed by atoms with van der Waals surface area (Å²) in [5.41, 5.74) is 7.97. The summed E-state index contributed by atoms with van der Waals surface area (Å²) in [5, 5.41) is -0.530. The molecule has 0 aromatic heterocycles. The predicted molar refractivity (Wildman–Crippen MR) is 64.7 cm³/mol. The van der Waals surface area contributed by atoms with E-state index in [0.29, 0.717) is 4.90 Å². The molecule has 0 spiro atoms. The lowest BCUT2D eigenvalue weighted by Crippen LogP contribution is -2.39. The van der Waals surface area contributed by atoms with E-state index in [0.717, 1.165) is 0 Å². The van der Waals surface area contributed by atoms with Gasteiger partial charge >= 0.3 is 0 Å². The molecule has 7 heteroatoms. The van der Waals surface area contributed by atoms with Gasteiger partial charge in [-0.1, -0.05) is 0 Å². The van der Waals surface area contributed by atoms with Gasteiger partial charge in [0.1, 0.15) is 11.1 Å². The number of carbonyl (C=O) groups is 1. The topological polar surface area (TPSA) is 90.4 Å². The van der Waals surface area contributed by atoms with Crippen molar-refractivity contribution in [1.82, 2.24) is 5.43 Å². The Morgan fingerprint density at radius 3 is 2.88 bits per heavy atom. The summed E-state index contributed by atoms with van der Waals surface area (Å²) < 4.78 is 17.8. The van der Waals surface area contributed by atoms with Gasteiger partial charge in [-0.25, -0.2) is 10.2 Å². The molecule has 0 saturated heterocycles. The summed E-state index contributed by atoms with van der Waals surface area (Å²) in [4.78, 5) is 12.0. The SMILES string of the molecule is COCC(Sc1ccc(F)cc1N)C(=O)NN. The van der Waals surface area contributed by atoms with Crippen molar-refractivity contribution in [3.63, 3.8) is 0 Å². The number of hydrogen-bond acceptors (Lipinski definition) is 5. The van der Waals surface area contributed by atoms with E-state index in [1.165, 1.54) is 37.1 Å². The van der Waals surface area contributed by atoms with Gasteiger partial charge in [-0.15, -0.1) is 11.8 Å². The van der Waals surface area contributed by atoms with Gasteiger partial charge in [0.05, 0.1) is 6.61 Å². The van der Waals surface area contributed by atoms with Crippen LogP contribution in [0, 0.1) is 5.82 Å². The van der Waals surface area contributed by atoms with Gasteiger partial charge in [-0.2, -0.15) is 0 Å². The molecular weight excluding hydrogens is 245 g/mol. The molecule has 1 aromatic carbocycles. The van der Waals surface area contributed by atoms with E-state index >= 15 is 0 Å². The smallest absolute Gasteiger partial charge is 0.249 e. The Labute approximate surface area is 103 Å². The number of ether oxygens (including phenoxy) is 1. The van der Waals surface area contributed by atoms with Crippen molar-refractivity contribution in [3.8, 4) is 0 Å². The normalized spacial score (nSPS) is 12.2. The summed E-state index contributed by atoms with van der Waals surface area (Å²) in [7, 11) is 1.48. The van der Waals surface area contributed by atoms with Gasteiger partial charge < -0.3 is 10.5 Å². The van der Waals surface area contributed by atoms with Crippen molar-refractivity contribution in [2.75, 3.05) is 19.5 Å². The Kier molecular flexibility index (Phi) is 5.20. The van der Waals surface area contributed by atoms with Crippen LogP contribution >= 0.6 is 11.8 Å². The molecule has 0 saturated carbocycles. The zero-order chi connectivity index (χ0) is 12.8. The van der Waals surface area contributed by atoms with Crippen molar-refractivity contribution in [2.24, 2.45) is 5.84 Å². The largest absolute Gasteiger partial charge is 0.398 e. The fourth-order valence-electron chi connectivity index (χ4n) is 1.19. The Morgan fingerprint density at radius 2 is 2.35 bits per heavy atom. The molecule has 17 heavy (non-hydrogen) atoms. The lowest BCUT2D eigenvalue weighted by Gasteiger charge is -2.14. The first kappa shape index (κ1) is 13.8. The van der Waals surface area contributed by atoms with Crippen molar-refractivity contribution in [2.45, 2.75) is 10.1 Å². The number of nitrogens with one attached hydrogen (secondary N) is 1. The number of nitrogens with two attached hydrogens (primary N) is 2. The molecule has 1 rings (SSSR count). The third-order valence-electron chi connectivity index (χ3n) is 1.99. The van der Waals surface area contributed by atoms with Gasteiger partial charge in [0.15, 0.2) is 0 Å². The molecule has 0 fully saturated rings. The lowest BCUT2D eigenvalue weighted by molar-refractivity contribution is -0.121. The standard InChI is InChI=1S/C10H14FN3O2S/c1-16-5-9(10(15)14-13)17-8-3-2-6(11)4-7(8)12/h2-4,9H,5,12-13H2,1H3,(H,14,15). The molecule has 5 N–H and O–H groups in total. The van der Waals surface area contributed by atoms with E-state index in [9.17, 15) is 9.18 Å². The zero-order valence-electron chi connectivity index (χ0n) is 9.27. The van der Waals surface area contributed by atoms with Crippen LogP contribution in [0.3, 0.4) is 0 Å². The zero-order valence-corrected chi connectivity index (χ0v) is 10.1. The fraction of sp³-hybridized carbons (Fsp3) is 0.300. The van der Waals surface area contributed by atoms with Crippen LogP contribution in [0.15, 0.2) is 23.1 Å². The van der Waals surface area contributed by atoms with E-state index in [1.807, 2.05) is 5.43 Å². The van der Waals surface area contributed by atoms with E-state index in [4.69, 9.17) is 16.3 Å². The first-order valence-electron chi connectivity index (χ1n) is 4.79. The highest BCUT2D eigenvalue weighted by Crippen LogP contribution is 2.29. The van der Waals surface area contributed by atoms with Crippen LogP contribution in [0.1, 0.15) is 0 Å². The fourth-order valence-corrected chi connectivity index (χ4v) is 2.21. The summed E-state index contributed by atoms with van der Waals surface area (Å²) in [6.07, 6.45) is 0. The number of nitrogen functional groups attached to an aromatic ring is 1. The minimum absolute atomic E-state index is 0.185. The number of halogens is 1. The van der Waals surface area contributed by atoms with Crippen molar-refractivity contribution in [3.05, 3.63) is 24.0 Å². The minimum atomic E-state index is -0.530. The van der Waals surface area contributed by atoms with Crippen LogP contribution < -0.4 is 17.0 Å². The van der Waals surface area contributed by atoms with Crippen molar-refractivity contribution in [1.29, 1.82) is 0 Å². The molecule has 94 valence electrons. The average Bonchev–Trinajstić information content (AvgIpc) is 2.30. The summed E-state index contributed by atoms with van der Waals surface area (Å²) in [6.45, 7) is 0.185. The molecule has 1 aromatic rings. The van der Waals surface area contributed by atoms with Crippen molar-refractivity contribution >= 4 is 23.4 Å². The molecule has 1 unspecified atom stereocenters. The molecular formula is C10H14FN3O2S. The Hall–Kier alpha value is -1.31. The van der Waals surface area contributed by atoms with Gasteiger partial charge in [-0.05, 0) is 18.2 Å². The van der Waals surface area contributed by atoms with Crippen LogP contribution in [0.4, 0.5) is 10.1 Å². The van der Waals surface area contributed by atoms with Crippen LogP contribution in [0.2, 0.25) is 0 Å². The Bertz CT molecular complexity index is 403. The van der Waals surface area contributed by atoms with Gasteiger partial charge in [0, 0.05) is 17.7 Å². The molecule has 0 aliphatic rings. The first-order chi connectivity index (χ1) is 8.08. The van der Waals surface area contributed by atoms with Crippen LogP contribution in [-0.2, 0) is 9.53 Å². The van der Waals surface area contributed by atoms with Gasteiger partial charge in [0.2, 0.25) is 5.91 Å². The number of hydrazine groups is 1. The molecule has 1 amide bonds. The molecule has 0 heterocycles. The van der Waals surface area contributed by atoms with Crippen molar-refractivity contribution < 1.29 is 13.9 Å². The Balaban J connectivity index is 2.82. The highest BCUT2D eigenvalue weighted by molar-refractivity contribution is 8.00. The van der Waals surface area contributed by atoms with E-state index in [1.54, 1.807) is 0 Å². The maximum Gasteiger partial charge on any atom is 0.249 e. The second kappa shape index (κ2) is 6.43. The second-order valence-corrected chi connectivity index (χ2v) is 4.50. The maximum absolute atomic E-state index is 12.8. The number of rotatable bonds is 5. The molecule has 0 aliphatic carbocycles. The maximum atomic E-state index is 12.8. The number of methoxy groups -OCH3 is 1. The number of thioether (sulfide) groups is 1. The minimum Gasteiger partial charge on any atom is -0.398 e. The summed E-state index contributed by atoms with van der Waals surface area (Å²) >= 11 is 1.17. The highest BCUT2D eigenvalue weighted by Gasteiger charge is 2.20. The van der Waals surface area contributed by atoms with Crippen LogP contribution in [0.5, 0.6) is 0 Å². The number of carbonyl (C=O) groups excluding carboxylic acids is 1. The van der Waals surface area contributed by atoms with E-state index in [-0.39, 0.29) is 18.2 Å². The predicted octanol–water partition coefficient (Wildman–Crippen LogP) is 0.505. The quantitative estimate of drug-likeness (QED) is 0.235. The first-order valence-corrected chi connectivity index (χ1v) is 5.67. The third kappa shape index (κ3) is 3.88.